The summed E-state index contributed by atoms with van der Waals surface area (Å²) in [5.41, 5.74) is 16.6. The Bertz CT molecular complexity index is 524. The summed E-state index contributed by atoms with van der Waals surface area (Å²) in [4.78, 5) is 0. The Morgan fingerprint density at radius 2 is 1.20 bits per heavy atom. The van der Waals surface area contributed by atoms with Crippen LogP contribution in [0, 0.1) is 5.41 Å². The molecule has 0 atom stereocenters. The van der Waals surface area contributed by atoms with Crippen molar-refractivity contribution in [3.05, 3.63) is 59.7 Å². The third-order valence-electron chi connectivity index (χ3n) is 3.81. The van der Waals surface area contributed by atoms with Gasteiger partial charge in [0.1, 0.15) is 0 Å². The van der Waals surface area contributed by atoms with E-state index in [0.29, 0.717) is 13.1 Å². The molecule has 106 valence electrons. The van der Waals surface area contributed by atoms with Crippen molar-refractivity contribution in [1.82, 2.24) is 0 Å². The van der Waals surface area contributed by atoms with Crippen molar-refractivity contribution in [2.45, 2.75) is 20.3 Å². The second kappa shape index (κ2) is 6.21. The number of nitrogens with two attached hydrogens (primary N) is 2. The van der Waals surface area contributed by atoms with E-state index in [1.165, 1.54) is 22.3 Å². The number of hydrogen-bond acceptors (Lipinski definition) is 2. The van der Waals surface area contributed by atoms with E-state index in [1.54, 1.807) is 0 Å². The fourth-order valence-corrected chi connectivity index (χ4v) is 2.16. The summed E-state index contributed by atoms with van der Waals surface area (Å²) in [7, 11) is 0. The minimum Gasteiger partial charge on any atom is -0.330 e. The van der Waals surface area contributed by atoms with Crippen LogP contribution in [0.3, 0.4) is 0 Å². The molecule has 0 unspecified atom stereocenters. The summed E-state index contributed by atoms with van der Waals surface area (Å²) in [5.74, 6) is 0. The minimum absolute atomic E-state index is 0.139. The van der Waals surface area contributed by atoms with Gasteiger partial charge in [-0.1, -0.05) is 62.4 Å². The molecule has 2 aromatic carbocycles. The topological polar surface area (TPSA) is 52.0 Å². The standard InChI is InChI=1S/C13H10.C5H14N2/c1-3-7-12-10(5-1)9-11-6-2-4-8-13(11)12;1-5(2,3-6)4-7/h1-8H,9H2;3-4,6-7H2,1-2H3. The van der Waals surface area contributed by atoms with Gasteiger partial charge in [0, 0.05) is 0 Å². The molecule has 0 saturated carbocycles. The van der Waals surface area contributed by atoms with Crippen LogP contribution in [0.4, 0.5) is 0 Å². The van der Waals surface area contributed by atoms with Crippen LogP contribution >= 0.6 is 0 Å². The van der Waals surface area contributed by atoms with E-state index in [-0.39, 0.29) is 5.41 Å². The molecule has 0 fully saturated rings. The van der Waals surface area contributed by atoms with Crippen molar-refractivity contribution in [1.29, 1.82) is 0 Å². The van der Waals surface area contributed by atoms with Crippen molar-refractivity contribution in [3.8, 4) is 11.1 Å². The van der Waals surface area contributed by atoms with Gasteiger partial charge < -0.3 is 11.5 Å². The summed E-state index contributed by atoms with van der Waals surface area (Å²) >= 11 is 0. The molecule has 0 aliphatic heterocycles. The highest BCUT2D eigenvalue weighted by Gasteiger charge is 2.15. The van der Waals surface area contributed by atoms with Gasteiger partial charge in [0.05, 0.1) is 0 Å². The summed E-state index contributed by atoms with van der Waals surface area (Å²) in [5, 5.41) is 0. The van der Waals surface area contributed by atoms with Gasteiger partial charge in [-0.25, -0.2) is 0 Å². The zero-order chi connectivity index (χ0) is 14.6. The van der Waals surface area contributed by atoms with E-state index in [0.717, 1.165) is 6.42 Å². The van der Waals surface area contributed by atoms with Crippen LogP contribution in [0.1, 0.15) is 25.0 Å². The molecule has 0 heterocycles. The maximum absolute atomic E-state index is 5.34. The largest absolute Gasteiger partial charge is 0.330 e. The van der Waals surface area contributed by atoms with E-state index in [9.17, 15) is 0 Å². The maximum atomic E-state index is 5.34. The van der Waals surface area contributed by atoms with Crippen molar-refractivity contribution < 1.29 is 0 Å². The fraction of sp³-hybridized carbons (Fsp3) is 0.333. The third-order valence-corrected chi connectivity index (χ3v) is 3.81. The van der Waals surface area contributed by atoms with Crippen molar-refractivity contribution in [3.63, 3.8) is 0 Å². The van der Waals surface area contributed by atoms with Gasteiger partial charge in [-0.05, 0) is 47.2 Å². The van der Waals surface area contributed by atoms with Crippen molar-refractivity contribution >= 4 is 0 Å². The van der Waals surface area contributed by atoms with Crippen LogP contribution in [0.2, 0.25) is 0 Å². The molecule has 2 nitrogen and oxygen atoms in total. The Balaban J connectivity index is 0.000000182. The number of rotatable bonds is 2. The molecule has 4 N–H and O–H groups in total. The van der Waals surface area contributed by atoms with Gasteiger partial charge in [0.15, 0.2) is 0 Å². The molecule has 20 heavy (non-hydrogen) atoms. The molecule has 2 heteroatoms. The first-order chi connectivity index (χ1) is 9.57. The molecule has 3 rings (SSSR count). The Morgan fingerprint density at radius 1 is 0.800 bits per heavy atom. The van der Waals surface area contributed by atoms with E-state index >= 15 is 0 Å². The highest BCUT2D eigenvalue weighted by atomic mass is 14.6. The normalized spacial score (nSPS) is 12.2. The van der Waals surface area contributed by atoms with Crippen LogP contribution in [-0.2, 0) is 6.42 Å². The molecule has 1 aliphatic carbocycles. The Morgan fingerprint density at radius 3 is 1.55 bits per heavy atom. The molecule has 0 aromatic heterocycles. The number of fused-ring (bicyclic) bond motifs is 3. The van der Waals surface area contributed by atoms with Gasteiger partial charge in [-0.2, -0.15) is 0 Å². The van der Waals surface area contributed by atoms with Gasteiger partial charge in [-0.3, -0.25) is 0 Å². The molecule has 1 aliphatic rings. The third kappa shape index (κ3) is 3.27. The summed E-state index contributed by atoms with van der Waals surface area (Å²) in [6.45, 7) is 5.44. The molecule has 0 spiro atoms. The number of hydrogen-bond donors (Lipinski definition) is 2. The first kappa shape index (κ1) is 14.8. The Hall–Kier alpha value is -1.64. The molecular weight excluding hydrogens is 244 g/mol. The van der Waals surface area contributed by atoms with E-state index in [1.807, 2.05) is 13.8 Å². The Kier molecular flexibility index (Phi) is 4.58. The maximum Gasteiger partial charge on any atom is -0.00135 e. The highest BCUT2D eigenvalue weighted by molar-refractivity contribution is 5.76. The molecule has 2 aromatic rings. The zero-order valence-corrected chi connectivity index (χ0v) is 12.4. The molecule has 0 bridgehead atoms. The Labute approximate surface area is 121 Å². The first-order valence-electron chi connectivity index (χ1n) is 7.14. The molecule has 0 amide bonds. The van der Waals surface area contributed by atoms with Gasteiger partial charge in [-0.15, -0.1) is 0 Å². The second-order valence-electron chi connectivity index (χ2n) is 6.06. The van der Waals surface area contributed by atoms with Gasteiger partial charge in [0.25, 0.3) is 0 Å². The van der Waals surface area contributed by atoms with Crippen LogP contribution in [0.25, 0.3) is 11.1 Å². The van der Waals surface area contributed by atoms with Crippen LogP contribution < -0.4 is 11.5 Å². The van der Waals surface area contributed by atoms with E-state index in [2.05, 4.69) is 48.5 Å². The van der Waals surface area contributed by atoms with Crippen molar-refractivity contribution in [2.24, 2.45) is 16.9 Å². The minimum atomic E-state index is 0.139. The van der Waals surface area contributed by atoms with Crippen molar-refractivity contribution in [2.75, 3.05) is 13.1 Å². The SMILES string of the molecule is CC(C)(CN)CN.c1ccc2c(c1)Cc1ccccc1-2. The van der Waals surface area contributed by atoms with Gasteiger partial charge >= 0.3 is 0 Å². The first-order valence-corrected chi connectivity index (χ1v) is 7.14. The monoisotopic (exact) mass is 268 g/mol. The summed E-state index contributed by atoms with van der Waals surface area (Å²) < 4.78 is 0. The average Bonchev–Trinajstić information content (AvgIpc) is 2.86. The smallest absolute Gasteiger partial charge is 0.00135 e. The lowest BCUT2D eigenvalue weighted by molar-refractivity contribution is 0.393. The zero-order valence-electron chi connectivity index (χ0n) is 12.4. The molecule has 0 saturated heterocycles. The van der Waals surface area contributed by atoms with Crippen LogP contribution in [0.5, 0.6) is 0 Å². The lowest BCUT2D eigenvalue weighted by Crippen LogP contribution is -2.31. The van der Waals surface area contributed by atoms with Crippen LogP contribution in [0.15, 0.2) is 48.5 Å². The van der Waals surface area contributed by atoms with E-state index < -0.39 is 0 Å². The lowest BCUT2D eigenvalue weighted by atomic mass is 9.95. The molecular formula is C18H24N2. The summed E-state index contributed by atoms with van der Waals surface area (Å²) in [6.07, 6.45) is 1.10. The molecule has 0 radical (unpaired) electrons. The van der Waals surface area contributed by atoms with Gasteiger partial charge in [0.2, 0.25) is 0 Å². The highest BCUT2D eigenvalue weighted by Crippen LogP contribution is 2.35. The second-order valence-corrected chi connectivity index (χ2v) is 6.06. The van der Waals surface area contributed by atoms with E-state index in [4.69, 9.17) is 11.5 Å². The predicted molar refractivity (Wildman–Crippen MR) is 86.6 cm³/mol. The average molecular weight is 268 g/mol. The predicted octanol–water partition coefficient (Wildman–Crippen LogP) is 3.19. The van der Waals surface area contributed by atoms with Crippen LogP contribution in [-0.4, -0.2) is 13.1 Å². The fourth-order valence-electron chi connectivity index (χ4n) is 2.16. The lowest BCUT2D eigenvalue weighted by Gasteiger charge is -2.18. The summed E-state index contributed by atoms with van der Waals surface area (Å²) in [6, 6.07) is 17.3. The number of benzene rings is 2. The quantitative estimate of drug-likeness (QED) is 0.750.